The summed E-state index contributed by atoms with van der Waals surface area (Å²) in [5, 5.41) is 9.64. The lowest BCUT2D eigenvalue weighted by molar-refractivity contribution is -0.158. The Morgan fingerprint density at radius 1 is 1.45 bits per heavy atom. The van der Waals surface area contributed by atoms with Crippen molar-refractivity contribution in [2.45, 2.75) is 71.0 Å². The standard InChI is InChI=1S/C17H24O3/c1-5-11-17(20-14(2)18)13-7-6-9-15(17)10-8-12-16(3,4)19/h15,19H,6-7,9-10,13H2,1-4H3/t15-,17+/m0/s1. The summed E-state index contributed by atoms with van der Waals surface area (Å²) in [7, 11) is 0. The lowest BCUT2D eigenvalue weighted by Gasteiger charge is -2.38. The van der Waals surface area contributed by atoms with E-state index < -0.39 is 11.2 Å². The van der Waals surface area contributed by atoms with E-state index in [1.165, 1.54) is 6.92 Å². The first-order valence-corrected chi connectivity index (χ1v) is 7.15. The van der Waals surface area contributed by atoms with Crippen LogP contribution in [-0.2, 0) is 9.53 Å². The number of esters is 1. The van der Waals surface area contributed by atoms with Crippen molar-refractivity contribution in [3.63, 3.8) is 0 Å². The van der Waals surface area contributed by atoms with E-state index >= 15 is 0 Å². The molecule has 1 aliphatic rings. The first-order chi connectivity index (χ1) is 9.29. The van der Waals surface area contributed by atoms with Crippen molar-refractivity contribution in [1.29, 1.82) is 0 Å². The molecule has 0 spiro atoms. The van der Waals surface area contributed by atoms with Crippen molar-refractivity contribution < 1.29 is 14.6 Å². The van der Waals surface area contributed by atoms with Crippen molar-refractivity contribution in [3.05, 3.63) is 0 Å². The third-order valence-electron chi connectivity index (χ3n) is 3.42. The van der Waals surface area contributed by atoms with Crippen LogP contribution in [0.2, 0.25) is 0 Å². The molecule has 2 atom stereocenters. The van der Waals surface area contributed by atoms with E-state index in [4.69, 9.17) is 4.74 Å². The molecule has 3 heteroatoms. The number of carbonyl (C=O) groups excluding carboxylic acids is 1. The van der Waals surface area contributed by atoms with Gasteiger partial charge in [0, 0.05) is 19.3 Å². The summed E-state index contributed by atoms with van der Waals surface area (Å²) in [6, 6.07) is 0. The van der Waals surface area contributed by atoms with Gasteiger partial charge in [-0.05, 0) is 40.0 Å². The number of hydrogen-bond acceptors (Lipinski definition) is 3. The minimum Gasteiger partial charge on any atom is -0.446 e. The summed E-state index contributed by atoms with van der Waals surface area (Å²) in [6.07, 6.45) is 4.41. The fraction of sp³-hybridized carbons (Fsp3) is 0.706. The van der Waals surface area contributed by atoms with Crippen molar-refractivity contribution in [2.75, 3.05) is 0 Å². The zero-order chi connectivity index (χ0) is 15.2. The van der Waals surface area contributed by atoms with Gasteiger partial charge in [-0.3, -0.25) is 4.79 Å². The topological polar surface area (TPSA) is 46.5 Å². The third-order valence-corrected chi connectivity index (χ3v) is 3.42. The molecular weight excluding hydrogens is 252 g/mol. The van der Waals surface area contributed by atoms with Crippen LogP contribution in [0.4, 0.5) is 0 Å². The minimum absolute atomic E-state index is 0.113. The molecule has 1 fully saturated rings. The quantitative estimate of drug-likeness (QED) is 0.623. The summed E-state index contributed by atoms with van der Waals surface area (Å²) in [5.74, 6) is 11.7. The zero-order valence-electron chi connectivity index (χ0n) is 12.9. The van der Waals surface area contributed by atoms with Gasteiger partial charge in [0.25, 0.3) is 0 Å². The largest absolute Gasteiger partial charge is 0.446 e. The number of ether oxygens (including phenoxy) is 1. The van der Waals surface area contributed by atoms with E-state index in [2.05, 4.69) is 23.7 Å². The Morgan fingerprint density at radius 3 is 2.70 bits per heavy atom. The normalized spacial score (nSPS) is 25.8. The number of hydrogen-bond donors (Lipinski definition) is 1. The van der Waals surface area contributed by atoms with Crippen LogP contribution in [0, 0.1) is 29.6 Å². The van der Waals surface area contributed by atoms with Gasteiger partial charge >= 0.3 is 5.97 Å². The second-order valence-corrected chi connectivity index (χ2v) is 5.87. The van der Waals surface area contributed by atoms with E-state index in [0.717, 1.165) is 25.7 Å². The maximum atomic E-state index is 11.4. The predicted octanol–water partition coefficient (Wildman–Crippen LogP) is 2.67. The monoisotopic (exact) mass is 276 g/mol. The van der Waals surface area contributed by atoms with Gasteiger partial charge in [0.05, 0.1) is 0 Å². The van der Waals surface area contributed by atoms with Crippen LogP contribution in [0.3, 0.4) is 0 Å². The van der Waals surface area contributed by atoms with Gasteiger partial charge in [-0.15, -0.1) is 5.92 Å². The molecule has 0 aromatic carbocycles. The molecule has 0 aromatic heterocycles. The molecule has 1 rings (SSSR count). The highest BCUT2D eigenvalue weighted by Crippen LogP contribution is 2.38. The smallest absolute Gasteiger partial charge is 0.304 e. The second kappa shape index (κ2) is 6.82. The molecule has 0 heterocycles. The van der Waals surface area contributed by atoms with E-state index in [0.29, 0.717) is 6.42 Å². The van der Waals surface area contributed by atoms with Crippen molar-refractivity contribution in [1.82, 2.24) is 0 Å². The summed E-state index contributed by atoms with van der Waals surface area (Å²) < 4.78 is 5.57. The molecule has 1 N–H and O–H groups in total. The molecule has 0 amide bonds. The molecule has 110 valence electrons. The van der Waals surface area contributed by atoms with Crippen LogP contribution in [0.5, 0.6) is 0 Å². The van der Waals surface area contributed by atoms with E-state index in [-0.39, 0.29) is 11.9 Å². The lowest BCUT2D eigenvalue weighted by atomic mass is 9.74. The van der Waals surface area contributed by atoms with E-state index in [1.807, 2.05) is 0 Å². The van der Waals surface area contributed by atoms with Crippen LogP contribution in [0.1, 0.15) is 59.8 Å². The maximum absolute atomic E-state index is 11.4. The van der Waals surface area contributed by atoms with Gasteiger partial charge in [0.15, 0.2) is 5.60 Å². The zero-order valence-corrected chi connectivity index (χ0v) is 12.9. The SMILES string of the molecule is CC#C[C@@]1(OC(C)=O)CCCC[C@H]1CC#CC(C)(C)O. The number of rotatable bonds is 2. The Morgan fingerprint density at radius 2 is 2.15 bits per heavy atom. The molecule has 3 nitrogen and oxygen atoms in total. The summed E-state index contributed by atoms with van der Waals surface area (Å²) >= 11 is 0. The Labute approximate surface area is 122 Å². The summed E-state index contributed by atoms with van der Waals surface area (Å²) in [6.45, 7) is 6.50. The predicted molar refractivity (Wildman–Crippen MR) is 78.6 cm³/mol. The molecular formula is C17H24O3. The fourth-order valence-electron chi connectivity index (χ4n) is 2.67. The molecule has 0 unspecified atom stereocenters. The Balaban J connectivity index is 2.94. The lowest BCUT2D eigenvalue weighted by Crippen LogP contribution is -2.43. The molecule has 0 radical (unpaired) electrons. The number of aliphatic hydroxyl groups is 1. The van der Waals surface area contributed by atoms with Gasteiger partial charge in [-0.2, -0.15) is 0 Å². The summed E-state index contributed by atoms with van der Waals surface area (Å²) in [4.78, 5) is 11.4. The van der Waals surface area contributed by atoms with Gasteiger partial charge in [0.1, 0.15) is 5.60 Å². The van der Waals surface area contributed by atoms with E-state index in [9.17, 15) is 9.90 Å². The van der Waals surface area contributed by atoms with Gasteiger partial charge < -0.3 is 9.84 Å². The Kier molecular flexibility index (Phi) is 5.66. The first kappa shape index (κ1) is 16.6. The minimum atomic E-state index is -0.991. The van der Waals surface area contributed by atoms with E-state index in [1.54, 1.807) is 20.8 Å². The highest BCUT2D eigenvalue weighted by Gasteiger charge is 2.42. The van der Waals surface area contributed by atoms with Crippen molar-refractivity contribution >= 4 is 5.97 Å². The molecule has 0 bridgehead atoms. The second-order valence-electron chi connectivity index (χ2n) is 5.87. The average molecular weight is 276 g/mol. The van der Waals surface area contributed by atoms with Crippen molar-refractivity contribution in [3.8, 4) is 23.7 Å². The third kappa shape index (κ3) is 4.91. The van der Waals surface area contributed by atoms with Crippen LogP contribution in [0.15, 0.2) is 0 Å². The van der Waals surface area contributed by atoms with Gasteiger partial charge in [-0.25, -0.2) is 0 Å². The summed E-state index contributed by atoms with van der Waals surface area (Å²) in [5.41, 5.74) is -1.69. The van der Waals surface area contributed by atoms with Crippen LogP contribution >= 0.6 is 0 Å². The van der Waals surface area contributed by atoms with Crippen LogP contribution in [0.25, 0.3) is 0 Å². The maximum Gasteiger partial charge on any atom is 0.304 e. The molecule has 1 aliphatic carbocycles. The molecule has 0 saturated heterocycles. The number of carbonyl (C=O) groups is 1. The molecule has 0 aliphatic heterocycles. The van der Waals surface area contributed by atoms with Gasteiger partial charge in [0.2, 0.25) is 0 Å². The molecule has 20 heavy (non-hydrogen) atoms. The van der Waals surface area contributed by atoms with Crippen LogP contribution < -0.4 is 0 Å². The van der Waals surface area contributed by atoms with Crippen molar-refractivity contribution in [2.24, 2.45) is 5.92 Å². The van der Waals surface area contributed by atoms with Gasteiger partial charge in [-0.1, -0.05) is 24.2 Å². The average Bonchev–Trinajstić information content (AvgIpc) is 2.29. The first-order valence-electron chi connectivity index (χ1n) is 7.15. The molecule has 1 saturated carbocycles. The molecule has 0 aromatic rings. The Hall–Kier alpha value is -1.45. The fourth-order valence-corrected chi connectivity index (χ4v) is 2.67. The Bertz CT molecular complexity index is 464. The highest BCUT2D eigenvalue weighted by atomic mass is 16.6. The highest BCUT2D eigenvalue weighted by molar-refractivity contribution is 5.67. The van der Waals surface area contributed by atoms with Crippen LogP contribution in [-0.4, -0.2) is 22.3 Å².